The fourth-order valence-electron chi connectivity index (χ4n) is 1.80. The number of allylic oxidation sites excluding steroid dienone is 1. The quantitative estimate of drug-likeness (QED) is 0.611. The first kappa shape index (κ1) is 10.7. The first-order chi connectivity index (χ1) is 5.73. The van der Waals surface area contributed by atoms with Crippen LogP contribution in [-0.2, 0) is 0 Å². The molecule has 13 heavy (non-hydrogen) atoms. The third-order valence-corrected chi connectivity index (χ3v) is 3.20. The number of aliphatic hydroxyl groups is 2. The Labute approximate surface area is 80.3 Å². The molecule has 1 rings (SSSR count). The van der Waals surface area contributed by atoms with E-state index in [-0.39, 0.29) is 5.92 Å². The van der Waals surface area contributed by atoms with Crippen LogP contribution >= 0.6 is 0 Å². The van der Waals surface area contributed by atoms with Crippen molar-refractivity contribution in [3.8, 4) is 0 Å². The molecule has 2 heteroatoms. The van der Waals surface area contributed by atoms with Crippen LogP contribution in [-0.4, -0.2) is 21.4 Å². The van der Waals surface area contributed by atoms with E-state index in [4.69, 9.17) is 0 Å². The molecule has 0 aliphatic heterocycles. The van der Waals surface area contributed by atoms with E-state index in [0.717, 1.165) is 12.0 Å². The molecule has 1 aliphatic carbocycles. The summed E-state index contributed by atoms with van der Waals surface area (Å²) in [5.41, 5.74) is -0.405. The molecule has 0 saturated carbocycles. The zero-order valence-corrected chi connectivity index (χ0v) is 8.96. The van der Waals surface area contributed by atoms with E-state index in [9.17, 15) is 10.2 Å². The molecule has 0 aromatic rings. The lowest BCUT2D eigenvalue weighted by molar-refractivity contribution is -0.0309. The van der Waals surface area contributed by atoms with Crippen molar-refractivity contribution in [1.82, 2.24) is 0 Å². The molecular formula is C11H20O2. The summed E-state index contributed by atoms with van der Waals surface area (Å²) < 4.78 is 0. The lowest BCUT2D eigenvalue weighted by atomic mass is 9.73. The van der Waals surface area contributed by atoms with E-state index < -0.39 is 11.2 Å². The van der Waals surface area contributed by atoms with Gasteiger partial charge in [0.1, 0.15) is 0 Å². The lowest BCUT2D eigenvalue weighted by Gasteiger charge is -2.39. The maximum Gasteiger partial charge on any atom is 0.0829 e. The summed E-state index contributed by atoms with van der Waals surface area (Å²) >= 11 is 0. The van der Waals surface area contributed by atoms with Crippen molar-refractivity contribution in [2.75, 3.05) is 0 Å². The molecule has 1 aliphatic rings. The van der Waals surface area contributed by atoms with Crippen LogP contribution in [0.15, 0.2) is 11.6 Å². The van der Waals surface area contributed by atoms with E-state index in [1.165, 1.54) is 0 Å². The third kappa shape index (κ3) is 2.32. The van der Waals surface area contributed by atoms with Gasteiger partial charge in [-0.2, -0.15) is 0 Å². The predicted molar refractivity (Wildman–Crippen MR) is 53.4 cm³/mol. The minimum absolute atomic E-state index is 0.159. The minimum atomic E-state index is -0.733. The average molecular weight is 184 g/mol. The molecule has 2 unspecified atom stereocenters. The maximum atomic E-state index is 10.00. The first-order valence-corrected chi connectivity index (χ1v) is 4.85. The van der Waals surface area contributed by atoms with Crippen LogP contribution in [0.3, 0.4) is 0 Å². The van der Waals surface area contributed by atoms with Crippen LogP contribution in [0, 0.1) is 5.92 Å². The zero-order valence-electron chi connectivity index (χ0n) is 8.96. The van der Waals surface area contributed by atoms with Crippen molar-refractivity contribution in [1.29, 1.82) is 0 Å². The molecule has 2 atom stereocenters. The number of hydrogen-bond donors (Lipinski definition) is 2. The summed E-state index contributed by atoms with van der Waals surface area (Å²) in [6, 6.07) is 0. The van der Waals surface area contributed by atoms with Crippen LogP contribution in [0.1, 0.15) is 40.5 Å². The molecule has 0 saturated heterocycles. The van der Waals surface area contributed by atoms with Gasteiger partial charge >= 0.3 is 0 Å². The van der Waals surface area contributed by atoms with Gasteiger partial charge in [0.2, 0.25) is 0 Å². The monoisotopic (exact) mass is 184 g/mol. The van der Waals surface area contributed by atoms with Crippen LogP contribution in [0.5, 0.6) is 0 Å². The van der Waals surface area contributed by atoms with E-state index in [2.05, 4.69) is 0 Å². The minimum Gasteiger partial charge on any atom is -0.390 e. The summed E-state index contributed by atoms with van der Waals surface area (Å²) in [6.07, 6.45) is 3.55. The van der Waals surface area contributed by atoms with Crippen LogP contribution in [0.25, 0.3) is 0 Å². The Morgan fingerprint density at radius 1 is 1.54 bits per heavy atom. The molecule has 0 heterocycles. The van der Waals surface area contributed by atoms with E-state index in [0.29, 0.717) is 6.42 Å². The van der Waals surface area contributed by atoms with Gasteiger partial charge in [0.25, 0.3) is 0 Å². The topological polar surface area (TPSA) is 40.5 Å². The summed E-state index contributed by atoms with van der Waals surface area (Å²) in [6.45, 7) is 7.38. The largest absolute Gasteiger partial charge is 0.390 e. The normalized spacial score (nSPS) is 35.8. The smallest absolute Gasteiger partial charge is 0.0829 e. The molecule has 0 bridgehead atoms. The Bertz CT molecular complexity index is 221. The fourth-order valence-corrected chi connectivity index (χ4v) is 1.80. The molecule has 0 aromatic heterocycles. The summed E-state index contributed by atoms with van der Waals surface area (Å²) in [4.78, 5) is 0. The Balaban J connectivity index is 2.80. The zero-order chi connectivity index (χ0) is 10.3. The van der Waals surface area contributed by atoms with Gasteiger partial charge in [-0.3, -0.25) is 0 Å². The van der Waals surface area contributed by atoms with Gasteiger partial charge in [0, 0.05) is 0 Å². The molecule has 0 fully saturated rings. The van der Waals surface area contributed by atoms with Gasteiger partial charge in [-0.25, -0.2) is 0 Å². The van der Waals surface area contributed by atoms with Gasteiger partial charge in [-0.1, -0.05) is 6.08 Å². The van der Waals surface area contributed by atoms with Gasteiger partial charge in [-0.15, -0.1) is 0 Å². The van der Waals surface area contributed by atoms with Crippen molar-refractivity contribution in [2.24, 2.45) is 5.92 Å². The van der Waals surface area contributed by atoms with Crippen molar-refractivity contribution in [3.05, 3.63) is 11.6 Å². The molecule has 2 nitrogen and oxygen atoms in total. The van der Waals surface area contributed by atoms with Crippen molar-refractivity contribution >= 4 is 0 Å². The van der Waals surface area contributed by atoms with E-state index in [1.807, 2.05) is 33.8 Å². The van der Waals surface area contributed by atoms with Crippen molar-refractivity contribution < 1.29 is 10.2 Å². The van der Waals surface area contributed by atoms with Gasteiger partial charge in [-0.05, 0) is 52.0 Å². The fraction of sp³-hybridized carbons (Fsp3) is 0.818. The second-order valence-corrected chi connectivity index (χ2v) is 4.95. The second kappa shape index (κ2) is 3.10. The lowest BCUT2D eigenvalue weighted by Crippen LogP contribution is -2.41. The van der Waals surface area contributed by atoms with Crippen molar-refractivity contribution in [2.45, 2.75) is 51.7 Å². The first-order valence-electron chi connectivity index (χ1n) is 4.85. The van der Waals surface area contributed by atoms with Gasteiger partial charge in [0.05, 0.1) is 11.2 Å². The highest BCUT2D eigenvalue weighted by Gasteiger charge is 2.37. The number of hydrogen-bond acceptors (Lipinski definition) is 2. The van der Waals surface area contributed by atoms with Gasteiger partial charge < -0.3 is 10.2 Å². The Morgan fingerprint density at radius 2 is 2.08 bits per heavy atom. The Hall–Kier alpha value is -0.340. The van der Waals surface area contributed by atoms with Crippen molar-refractivity contribution in [3.63, 3.8) is 0 Å². The molecule has 0 amide bonds. The molecular weight excluding hydrogens is 164 g/mol. The van der Waals surface area contributed by atoms with Crippen LogP contribution < -0.4 is 0 Å². The summed E-state index contributed by atoms with van der Waals surface area (Å²) in [5, 5.41) is 19.8. The average Bonchev–Trinajstić information content (AvgIpc) is 1.92. The predicted octanol–water partition coefficient (Wildman–Crippen LogP) is 1.86. The highest BCUT2D eigenvalue weighted by molar-refractivity contribution is 5.17. The molecule has 0 aromatic carbocycles. The highest BCUT2D eigenvalue weighted by Crippen LogP contribution is 2.37. The third-order valence-electron chi connectivity index (χ3n) is 3.20. The standard InChI is InChI=1S/C11H20O2/c1-8-5-6-9(10(2,3)12)7-11(8,4)13/h5,9,12-13H,6-7H2,1-4H3. The van der Waals surface area contributed by atoms with Crippen LogP contribution in [0.4, 0.5) is 0 Å². The summed E-state index contributed by atoms with van der Waals surface area (Å²) in [7, 11) is 0. The Kier molecular flexibility index (Phi) is 2.56. The molecule has 0 spiro atoms. The van der Waals surface area contributed by atoms with Gasteiger partial charge in [0.15, 0.2) is 0 Å². The Morgan fingerprint density at radius 3 is 2.46 bits per heavy atom. The van der Waals surface area contributed by atoms with E-state index >= 15 is 0 Å². The molecule has 2 N–H and O–H groups in total. The molecule has 76 valence electrons. The second-order valence-electron chi connectivity index (χ2n) is 4.95. The number of rotatable bonds is 1. The SMILES string of the molecule is CC1=CCC(C(C)(C)O)CC1(C)O. The highest BCUT2D eigenvalue weighted by atomic mass is 16.3. The summed E-state index contributed by atoms with van der Waals surface area (Å²) in [5.74, 6) is 0.159. The van der Waals surface area contributed by atoms with E-state index in [1.54, 1.807) is 0 Å². The van der Waals surface area contributed by atoms with Crippen LogP contribution in [0.2, 0.25) is 0 Å². The maximum absolute atomic E-state index is 10.00. The molecule has 0 radical (unpaired) electrons.